The number of carbonyl (C=O) groups is 2. The Labute approximate surface area is 161 Å². The monoisotopic (exact) mass is 375 g/mol. The molecule has 2 atom stereocenters. The number of carbonyl (C=O) groups excluding carboxylic acids is 2. The van der Waals surface area contributed by atoms with E-state index in [1.807, 2.05) is 13.0 Å². The van der Waals surface area contributed by atoms with Crippen molar-refractivity contribution in [3.63, 3.8) is 0 Å². The van der Waals surface area contributed by atoms with Crippen molar-refractivity contribution in [3.8, 4) is 0 Å². The molecule has 3 N–H and O–H groups in total. The highest BCUT2D eigenvalue weighted by atomic mass is 16.5. The zero-order valence-corrected chi connectivity index (χ0v) is 16.3. The zero-order chi connectivity index (χ0) is 19.1. The van der Waals surface area contributed by atoms with Gasteiger partial charge < -0.3 is 19.9 Å². The van der Waals surface area contributed by atoms with Gasteiger partial charge in [0.15, 0.2) is 6.54 Å². The first-order valence-electron chi connectivity index (χ1n) is 10.3. The lowest BCUT2D eigenvalue weighted by Gasteiger charge is -2.27. The van der Waals surface area contributed by atoms with Crippen molar-refractivity contribution in [2.24, 2.45) is 5.92 Å². The second-order valence-electron chi connectivity index (χ2n) is 7.87. The SMILES string of the molecule is CCOC(=O)C1CC[NH+](CC(=O)N[C@@H]2CC[NH+](Cc3ccccc3)C2)CC1. The fraction of sp³-hybridized carbons (Fsp3) is 0.619. The number of benzene rings is 1. The Morgan fingerprint density at radius 1 is 1.07 bits per heavy atom. The lowest BCUT2D eigenvalue weighted by molar-refractivity contribution is -0.902. The predicted molar refractivity (Wildman–Crippen MR) is 102 cm³/mol. The summed E-state index contributed by atoms with van der Waals surface area (Å²) in [6.45, 7) is 7.67. The van der Waals surface area contributed by atoms with Crippen LogP contribution in [-0.2, 0) is 20.9 Å². The van der Waals surface area contributed by atoms with Crippen molar-refractivity contribution in [1.29, 1.82) is 0 Å². The molecule has 3 rings (SSSR count). The normalized spacial score (nSPS) is 27.9. The molecule has 1 amide bonds. The van der Waals surface area contributed by atoms with Crippen molar-refractivity contribution in [2.75, 3.05) is 39.3 Å². The number of rotatable bonds is 7. The highest BCUT2D eigenvalue weighted by molar-refractivity contribution is 5.77. The van der Waals surface area contributed by atoms with Crippen molar-refractivity contribution in [1.82, 2.24) is 5.32 Å². The van der Waals surface area contributed by atoms with E-state index < -0.39 is 0 Å². The standard InChI is InChI=1S/C21H31N3O3/c1-2-27-21(26)18-8-11-23(12-9-18)16-20(25)22-19-10-13-24(15-19)14-17-6-4-3-5-7-17/h3-7,18-19H,2,8-16H2,1H3,(H,22,25)/p+2/t19-/m1/s1. The van der Waals surface area contributed by atoms with Crippen LogP contribution >= 0.6 is 0 Å². The van der Waals surface area contributed by atoms with E-state index in [0.717, 1.165) is 52.0 Å². The summed E-state index contributed by atoms with van der Waals surface area (Å²) in [4.78, 5) is 27.0. The highest BCUT2D eigenvalue weighted by Gasteiger charge is 2.31. The van der Waals surface area contributed by atoms with Crippen LogP contribution in [0, 0.1) is 5.92 Å². The molecule has 1 aromatic rings. The number of amides is 1. The highest BCUT2D eigenvalue weighted by Crippen LogP contribution is 2.11. The second kappa shape index (κ2) is 9.85. The number of piperidine rings is 1. The fourth-order valence-electron chi connectivity index (χ4n) is 4.30. The van der Waals surface area contributed by atoms with E-state index in [1.165, 1.54) is 15.4 Å². The van der Waals surface area contributed by atoms with Crippen LogP contribution in [0.3, 0.4) is 0 Å². The van der Waals surface area contributed by atoms with E-state index in [0.29, 0.717) is 13.2 Å². The van der Waals surface area contributed by atoms with Crippen LogP contribution in [0.5, 0.6) is 0 Å². The summed E-state index contributed by atoms with van der Waals surface area (Å²) in [7, 11) is 0. The molecule has 2 saturated heterocycles. The quantitative estimate of drug-likeness (QED) is 0.526. The maximum atomic E-state index is 12.4. The average Bonchev–Trinajstić information content (AvgIpc) is 3.10. The maximum Gasteiger partial charge on any atom is 0.309 e. The third-order valence-electron chi connectivity index (χ3n) is 5.77. The minimum Gasteiger partial charge on any atom is -0.466 e. The summed E-state index contributed by atoms with van der Waals surface area (Å²) in [5, 5.41) is 3.22. The number of likely N-dealkylation sites (tertiary alicyclic amines) is 2. The van der Waals surface area contributed by atoms with Gasteiger partial charge in [0, 0.05) is 24.8 Å². The van der Waals surface area contributed by atoms with Crippen LogP contribution in [0.25, 0.3) is 0 Å². The van der Waals surface area contributed by atoms with Gasteiger partial charge in [0.1, 0.15) is 6.54 Å². The molecule has 0 bridgehead atoms. The third kappa shape index (κ3) is 6.04. The predicted octanol–water partition coefficient (Wildman–Crippen LogP) is -1.18. The number of nitrogens with one attached hydrogen (secondary N) is 3. The van der Waals surface area contributed by atoms with E-state index in [1.54, 1.807) is 0 Å². The van der Waals surface area contributed by atoms with Crippen LogP contribution in [0.1, 0.15) is 31.7 Å². The van der Waals surface area contributed by atoms with Crippen molar-refractivity contribution >= 4 is 11.9 Å². The fourth-order valence-corrected chi connectivity index (χ4v) is 4.30. The van der Waals surface area contributed by atoms with E-state index in [4.69, 9.17) is 4.74 Å². The molecule has 0 aromatic heterocycles. The minimum absolute atomic E-state index is 0.0155. The number of hydrogen-bond acceptors (Lipinski definition) is 3. The molecule has 1 aromatic carbocycles. The largest absolute Gasteiger partial charge is 0.466 e. The summed E-state index contributed by atoms with van der Waals surface area (Å²) >= 11 is 0. The molecule has 0 saturated carbocycles. The van der Waals surface area contributed by atoms with Gasteiger partial charge in [-0.05, 0) is 6.92 Å². The summed E-state index contributed by atoms with van der Waals surface area (Å²) < 4.78 is 5.11. The molecule has 6 heteroatoms. The van der Waals surface area contributed by atoms with Gasteiger partial charge in [-0.15, -0.1) is 0 Å². The Balaban J connectivity index is 1.35. The Kier molecular flexibility index (Phi) is 7.24. The molecule has 0 aliphatic carbocycles. The lowest BCUT2D eigenvalue weighted by atomic mass is 9.97. The molecule has 0 spiro atoms. The Morgan fingerprint density at radius 2 is 1.78 bits per heavy atom. The van der Waals surface area contributed by atoms with Crippen LogP contribution in [-0.4, -0.2) is 57.2 Å². The molecular formula is C21H33N3O3+2. The van der Waals surface area contributed by atoms with Crippen LogP contribution < -0.4 is 15.1 Å². The first-order valence-corrected chi connectivity index (χ1v) is 10.3. The van der Waals surface area contributed by atoms with Gasteiger partial charge in [-0.2, -0.15) is 0 Å². The smallest absolute Gasteiger partial charge is 0.309 e. The topological polar surface area (TPSA) is 64.3 Å². The van der Waals surface area contributed by atoms with Gasteiger partial charge >= 0.3 is 5.97 Å². The summed E-state index contributed by atoms with van der Waals surface area (Å²) in [5.74, 6) is 0.0840. The molecule has 148 valence electrons. The average molecular weight is 376 g/mol. The number of ether oxygens (including phenoxy) is 1. The van der Waals surface area contributed by atoms with E-state index in [9.17, 15) is 9.59 Å². The molecule has 27 heavy (non-hydrogen) atoms. The van der Waals surface area contributed by atoms with Gasteiger partial charge in [-0.3, -0.25) is 9.59 Å². The van der Waals surface area contributed by atoms with Gasteiger partial charge in [0.05, 0.1) is 44.7 Å². The Hall–Kier alpha value is -1.92. The van der Waals surface area contributed by atoms with E-state index in [2.05, 4.69) is 29.6 Å². The second-order valence-corrected chi connectivity index (χ2v) is 7.87. The molecule has 0 radical (unpaired) electrons. The third-order valence-corrected chi connectivity index (χ3v) is 5.77. The summed E-state index contributed by atoms with van der Waals surface area (Å²) in [6, 6.07) is 10.8. The summed E-state index contributed by atoms with van der Waals surface area (Å²) in [6.07, 6.45) is 2.69. The molecule has 2 fully saturated rings. The Morgan fingerprint density at radius 3 is 2.48 bits per heavy atom. The summed E-state index contributed by atoms with van der Waals surface area (Å²) in [5.41, 5.74) is 1.35. The zero-order valence-electron chi connectivity index (χ0n) is 16.3. The first kappa shape index (κ1) is 19.8. The number of hydrogen-bond donors (Lipinski definition) is 3. The van der Waals surface area contributed by atoms with Crippen molar-refractivity contribution in [3.05, 3.63) is 35.9 Å². The van der Waals surface area contributed by atoms with Crippen molar-refractivity contribution < 1.29 is 24.1 Å². The lowest BCUT2D eigenvalue weighted by Crippen LogP contribution is -3.14. The van der Waals surface area contributed by atoms with Gasteiger partial charge in [0.2, 0.25) is 0 Å². The molecule has 1 unspecified atom stereocenters. The van der Waals surface area contributed by atoms with Crippen LogP contribution in [0.2, 0.25) is 0 Å². The Bertz CT molecular complexity index is 614. The molecule has 6 nitrogen and oxygen atoms in total. The molecule has 2 heterocycles. The van der Waals surface area contributed by atoms with Crippen LogP contribution in [0.15, 0.2) is 30.3 Å². The van der Waals surface area contributed by atoms with Gasteiger partial charge in [-0.1, -0.05) is 30.3 Å². The van der Waals surface area contributed by atoms with Crippen molar-refractivity contribution in [2.45, 2.75) is 38.8 Å². The number of quaternary nitrogens is 2. The molecular weight excluding hydrogens is 342 g/mol. The van der Waals surface area contributed by atoms with E-state index in [-0.39, 0.29) is 23.8 Å². The maximum absolute atomic E-state index is 12.4. The van der Waals surface area contributed by atoms with Gasteiger partial charge in [0.25, 0.3) is 5.91 Å². The first-order chi connectivity index (χ1) is 13.1. The van der Waals surface area contributed by atoms with Gasteiger partial charge in [-0.25, -0.2) is 0 Å². The van der Waals surface area contributed by atoms with E-state index >= 15 is 0 Å². The van der Waals surface area contributed by atoms with Crippen LogP contribution in [0.4, 0.5) is 0 Å². The molecule has 2 aliphatic rings. The molecule has 2 aliphatic heterocycles. The minimum atomic E-state index is -0.0755. The number of esters is 1.